The van der Waals surface area contributed by atoms with Crippen LogP contribution in [0.4, 0.5) is 4.39 Å². The van der Waals surface area contributed by atoms with Crippen LogP contribution in [-0.2, 0) is 33.4 Å². The van der Waals surface area contributed by atoms with E-state index >= 15 is 4.39 Å². The molecule has 1 aliphatic heterocycles. The molecule has 0 aromatic heterocycles. The molecule has 4 fully saturated rings. The first-order valence-corrected chi connectivity index (χ1v) is 11.8. The molecule has 1 spiro atoms. The Hall–Kier alpha value is -2.09. The maximum Gasteiger partial charge on any atom is 0.303 e. The minimum absolute atomic E-state index is 0.0383. The molecule has 0 amide bonds. The maximum absolute atomic E-state index is 15.6. The van der Waals surface area contributed by atoms with E-state index in [1.165, 1.54) is 19.9 Å². The fourth-order valence-electron chi connectivity index (χ4n) is 8.20. The summed E-state index contributed by atoms with van der Waals surface area (Å²) in [5, 5.41) is 0. The lowest BCUT2D eigenvalue weighted by molar-refractivity contribution is -0.188. The normalized spacial score (nSPS) is 47.3. The van der Waals surface area contributed by atoms with Gasteiger partial charge in [-0.2, -0.15) is 0 Å². The monoisotopic (exact) mass is 462 g/mol. The summed E-state index contributed by atoms with van der Waals surface area (Å²) in [6, 6.07) is 0. The van der Waals surface area contributed by atoms with Crippen molar-refractivity contribution in [2.75, 3.05) is 6.61 Å². The summed E-state index contributed by atoms with van der Waals surface area (Å²) >= 11 is 0. The Bertz CT molecular complexity index is 989. The molecule has 0 N–H and O–H groups in total. The first kappa shape index (κ1) is 22.7. The number of epoxide rings is 1. The molecule has 0 radical (unpaired) electrons. The van der Waals surface area contributed by atoms with Crippen LogP contribution in [-0.4, -0.2) is 53.6 Å². The van der Waals surface area contributed by atoms with Gasteiger partial charge in [-0.25, -0.2) is 4.39 Å². The highest BCUT2D eigenvalue weighted by atomic mass is 19.1. The van der Waals surface area contributed by atoms with Crippen molar-refractivity contribution in [2.45, 2.75) is 89.7 Å². The second kappa shape index (κ2) is 6.96. The molecule has 0 bridgehead atoms. The van der Waals surface area contributed by atoms with Gasteiger partial charge in [0.15, 0.2) is 18.0 Å². The summed E-state index contributed by atoms with van der Waals surface area (Å²) in [5.74, 6) is -1.90. The molecular weight excluding hydrogens is 431 g/mol. The SMILES string of the molecule is CC(=O)OCC(=O)[C@@]1(OC(C)=O)CC[C@H]2[C@@H]3CC(F)C4=CC(=O)CC[C@]4(C)[C@]34OC4C[C@@]21C. The molecule has 3 saturated carbocycles. The summed E-state index contributed by atoms with van der Waals surface area (Å²) < 4.78 is 32.8. The predicted molar refractivity (Wildman–Crippen MR) is 113 cm³/mol. The van der Waals surface area contributed by atoms with Crippen molar-refractivity contribution in [3.05, 3.63) is 11.6 Å². The smallest absolute Gasteiger partial charge is 0.303 e. The van der Waals surface area contributed by atoms with Crippen molar-refractivity contribution < 1.29 is 37.8 Å². The molecular formula is C25H31FO7. The number of halogens is 1. The Morgan fingerprint density at radius 1 is 1.15 bits per heavy atom. The summed E-state index contributed by atoms with van der Waals surface area (Å²) in [5.41, 5.74) is -2.78. The first-order valence-electron chi connectivity index (χ1n) is 11.8. The maximum atomic E-state index is 15.6. The van der Waals surface area contributed by atoms with E-state index in [-0.39, 0.29) is 30.1 Å². The average Bonchev–Trinajstić information content (AvgIpc) is 3.38. The van der Waals surface area contributed by atoms with E-state index in [4.69, 9.17) is 14.2 Å². The highest BCUT2D eigenvalue weighted by Crippen LogP contribution is 2.77. The van der Waals surface area contributed by atoms with Crippen molar-refractivity contribution >= 4 is 23.5 Å². The van der Waals surface area contributed by atoms with Gasteiger partial charge in [-0.3, -0.25) is 19.2 Å². The van der Waals surface area contributed by atoms with Gasteiger partial charge >= 0.3 is 11.9 Å². The molecule has 180 valence electrons. The number of hydrogen-bond donors (Lipinski definition) is 0. The summed E-state index contributed by atoms with van der Waals surface area (Å²) in [6.07, 6.45) is 2.55. The third-order valence-electron chi connectivity index (χ3n) is 9.61. The third kappa shape index (κ3) is 2.76. The van der Waals surface area contributed by atoms with Gasteiger partial charge in [-0.1, -0.05) is 13.8 Å². The van der Waals surface area contributed by atoms with Crippen LogP contribution in [0.1, 0.15) is 66.2 Å². The van der Waals surface area contributed by atoms with Gasteiger partial charge in [-0.05, 0) is 55.6 Å². The summed E-state index contributed by atoms with van der Waals surface area (Å²) in [7, 11) is 0. The van der Waals surface area contributed by atoms with Gasteiger partial charge in [0, 0.05) is 31.1 Å². The summed E-state index contributed by atoms with van der Waals surface area (Å²) in [6.45, 7) is 5.99. The Labute approximate surface area is 192 Å². The van der Waals surface area contributed by atoms with Crippen LogP contribution >= 0.6 is 0 Å². The zero-order valence-corrected chi connectivity index (χ0v) is 19.6. The van der Waals surface area contributed by atoms with Crippen molar-refractivity contribution in [1.82, 2.24) is 0 Å². The molecule has 0 aromatic carbocycles. The van der Waals surface area contributed by atoms with Crippen LogP contribution < -0.4 is 0 Å². The molecule has 0 aromatic rings. The lowest BCUT2D eigenvalue weighted by atomic mass is 9.45. The standard InChI is InChI=1S/C25H31FO7/c1-13(27)31-12-20(30)24(32-14(2)28)8-6-16-17-10-19(26)18-9-15(29)5-7-22(18,3)25(17)21(33-25)11-23(16,24)4/h9,16-17,19,21H,5-8,10-12H2,1-4H3/t16-,17-,19?,21?,22-,23-,24-,25-/m0/s1. The molecule has 5 aliphatic rings. The zero-order chi connectivity index (χ0) is 24.0. The minimum Gasteiger partial charge on any atom is -0.458 e. The molecule has 1 saturated heterocycles. The van der Waals surface area contributed by atoms with Gasteiger partial charge in [0.05, 0.1) is 6.10 Å². The van der Waals surface area contributed by atoms with E-state index in [1.807, 2.05) is 13.8 Å². The number of carbonyl (C=O) groups excluding carboxylic acids is 4. The van der Waals surface area contributed by atoms with E-state index in [0.717, 1.165) is 0 Å². The fraction of sp³-hybridized carbons (Fsp3) is 0.760. The molecule has 8 atom stereocenters. The Morgan fingerprint density at radius 3 is 2.55 bits per heavy atom. The number of fused-ring (bicyclic) bond motifs is 3. The number of ketones is 2. The number of rotatable bonds is 4. The molecule has 4 aliphatic carbocycles. The Balaban J connectivity index is 1.55. The molecule has 33 heavy (non-hydrogen) atoms. The van der Waals surface area contributed by atoms with E-state index < -0.39 is 52.5 Å². The van der Waals surface area contributed by atoms with E-state index in [9.17, 15) is 19.2 Å². The lowest BCUT2D eigenvalue weighted by Crippen LogP contribution is -2.64. The Kier molecular flexibility index (Phi) is 4.79. The number of ether oxygens (including phenoxy) is 3. The van der Waals surface area contributed by atoms with Crippen molar-refractivity contribution in [2.24, 2.45) is 22.7 Å². The van der Waals surface area contributed by atoms with E-state index in [1.54, 1.807) is 0 Å². The van der Waals surface area contributed by atoms with E-state index in [2.05, 4.69) is 0 Å². The topological polar surface area (TPSA) is 99.3 Å². The second-order valence-electron chi connectivity index (χ2n) is 11.0. The fourth-order valence-corrected chi connectivity index (χ4v) is 8.20. The van der Waals surface area contributed by atoms with Crippen LogP contribution in [0.25, 0.3) is 0 Å². The number of carbonyl (C=O) groups is 4. The van der Waals surface area contributed by atoms with Gasteiger partial charge in [0.25, 0.3) is 0 Å². The first-order chi connectivity index (χ1) is 15.4. The van der Waals surface area contributed by atoms with Gasteiger partial charge < -0.3 is 14.2 Å². The van der Waals surface area contributed by atoms with Gasteiger partial charge in [-0.15, -0.1) is 0 Å². The molecule has 2 unspecified atom stereocenters. The second-order valence-corrected chi connectivity index (χ2v) is 11.0. The van der Waals surface area contributed by atoms with Crippen LogP contribution in [0.5, 0.6) is 0 Å². The van der Waals surface area contributed by atoms with Crippen molar-refractivity contribution in [1.29, 1.82) is 0 Å². The van der Waals surface area contributed by atoms with Gasteiger partial charge in [0.2, 0.25) is 5.78 Å². The van der Waals surface area contributed by atoms with Crippen LogP contribution in [0.2, 0.25) is 0 Å². The molecule has 5 rings (SSSR count). The van der Waals surface area contributed by atoms with Crippen LogP contribution in [0.3, 0.4) is 0 Å². The average molecular weight is 463 g/mol. The van der Waals surface area contributed by atoms with Gasteiger partial charge in [0.1, 0.15) is 11.8 Å². The predicted octanol–water partition coefficient (Wildman–Crippen LogP) is 3.03. The van der Waals surface area contributed by atoms with Crippen molar-refractivity contribution in [3.8, 4) is 0 Å². The third-order valence-corrected chi connectivity index (χ3v) is 9.61. The number of hydrogen-bond acceptors (Lipinski definition) is 7. The molecule has 7 nitrogen and oxygen atoms in total. The van der Waals surface area contributed by atoms with Crippen LogP contribution in [0.15, 0.2) is 11.6 Å². The van der Waals surface area contributed by atoms with E-state index in [0.29, 0.717) is 37.7 Å². The number of esters is 2. The zero-order valence-electron chi connectivity index (χ0n) is 19.6. The highest BCUT2D eigenvalue weighted by molar-refractivity contribution is 5.93. The number of alkyl halides is 1. The minimum atomic E-state index is -1.44. The van der Waals surface area contributed by atoms with Crippen molar-refractivity contribution in [3.63, 3.8) is 0 Å². The summed E-state index contributed by atoms with van der Waals surface area (Å²) in [4.78, 5) is 49.0. The van der Waals surface area contributed by atoms with Crippen LogP contribution in [0, 0.1) is 22.7 Å². The Morgan fingerprint density at radius 2 is 1.88 bits per heavy atom. The quantitative estimate of drug-likeness (QED) is 0.468. The molecule has 8 heteroatoms. The largest absolute Gasteiger partial charge is 0.458 e. The lowest BCUT2D eigenvalue weighted by Gasteiger charge is -2.57. The molecule has 1 heterocycles. The number of Topliss-reactive ketones (excluding diaryl/α,β-unsaturated/α-hetero) is 1. The highest BCUT2D eigenvalue weighted by Gasteiger charge is 2.83.